The van der Waals surface area contributed by atoms with Gasteiger partial charge in [-0.3, -0.25) is 0 Å². The molecule has 1 fully saturated rings. The third-order valence-electron chi connectivity index (χ3n) is 4.39. The molecule has 2 nitrogen and oxygen atoms in total. The number of benzene rings is 1. The Bertz CT molecular complexity index is 387. The second kappa shape index (κ2) is 5.94. The fraction of sp³-hybridized carbons (Fsp3) is 0.600. The van der Waals surface area contributed by atoms with Crippen LogP contribution in [0.15, 0.2) is 18.2 Å². The molecule has 1 saturated carbocycles. The molecular weight excluding hydrogens is 246 g/mol. The molecule has 3 atom stereocenters. The van der Waals surface area contributed by atoms with E-state index in [2.05, 4.69) is 19.2 Å². The molecule has 1 aromatic rings. The Morgan fingerprint density at radius 3 is 2.78 bits per heavy atom. The first kappa shape index (κ1) is 13.7. The van der Waals surface area contributed by atoms with Gasteiger partial charge in [-0.2, -0.15) is 0 Å². The largest absolute Gasteiger partial charge is 0.508 e. The number of halogens is 1. The fourth-order valence-electron chi connectivity index (χ4n) is 3.07. The van der Waals surface area contributed by atoms with Gasteiger partial charge in [0.25, 0.3) is 0 Å². The van der Waals surface area contributed by atoms with Crippen LogP contribution in [0.5, 0.6) is 5.75 Å². The highest BCUT2D eigenvalue weighted by Crippen LogP contribution is 2.34. The van der Waals surface area contributed by atoms with Crippen molar-refractivity contribution >= 4 is 11.6 Å². The molecule has 100 valence electrons. The van der Waals surface area contributed by atoms with Crippen molar-refractivity contribution in [3.63, 3.8) is 0 Å². The fourth-order valence-corrected chi connectivity index (χ4v) is 3.30. The lowest BCUT2D eigenvalue weighted by Gasteiger charge is -2.21. The summed E-state index contributed by atoms with van der Waals surface area (Å²) in [5.74, 6) is 1.83. The van der Waals surface area contributed by atoms with Gasteiger partial charge in [-0.15, -0.1) is 0 Å². The average molecular weight is 268 g/mol. The van der Waals surface area contributed by atoms with Crippen molar-refractivity contribution in [1.82, 2.24) is 5.32 Å². The van der Waals surface area contributed by atoms with E-state index in [-0.39, 0.29) is 5.75 Å². The zero-order chi connectivity index (χ0) is 13.1. The highest BCUT2D eigenvalue weighted by Gasteiger charge is 2.31. The number of phenolic OH excluding ortho intramolecular Hbond substituents is 1. The molecule has 0 radical (unpaired) electrons. The lowest BCUT2D eigenvalue weighted by atomic mass is 9.93. The lowest BCUT2D eigenvalue weighted by molar-refractivity contribution is 0.343. The van der Waals surface area contributed by atoms with Crippen molar-refractivity contribution < 1.29 is 5.11 Å². The summed E-state index contributed by atoms with van der Waals surface area (Å²) >= 11 is 6.11. The predicted molar refractivity (Wildman–Crippen MR) is 75.9 cm³/mol. The van der Waals surface area contributed by atoms with Gasteiger partial charge in [0.2, 0.25) is 0 Å². The lowest BCUT2D eigenvalue weighted by Crippen LogP contribution is -2.32. The van der Waals surface area contributed by atoms with Crippen LogP contribution >= 0.6 is 11.6 Å². The van der Waals surface area contributed by atoms with Gasteiger partial charge in [-0.05, 0) is 36.8 Å². The molecular formula is C15H22ClNO. The molecule has 0 aromatic heterocycles. The van der Waals surface area contributed by atoms with E-state index in [4.69, 9.17) is 11.6 Å². The van der Waals surface area contributed by atoms with Crippen LogP contribution in [0.2, 0.25) is 5.02 Å². The van der Waals surface area contributed by atoms with Gasteiger partial charge in [-0.25, -0.2) is 0 Å². The minimum atomic E-state index is 0.285. The quantitative estimate of drug-likeness (QED) is 0.865. The summed E-state index contributed by atoms with van der Waals surface area (Å²) in [4.78, 5) is 0. The van der Waals surface area contributed by atoms with Gasteiger partial charge in [0.15, 0.2) is 0 Å². The molecule has 18 heavy (non-hydrogen) atoms. The van der Waals surface area contributed by atoms with E-state index in [0.717, 1.165) is 11.5 Å². The summed E-state index contributed by atoms with van der Waals surface area (Å²) in [5, 5.41) is 14.0. The predicted octanol–water partition coefficient (Wildman–Crippen LogP) is 3.96. The summed E-state index contributed by atoms with van der Waals surface area (Å²) in [5.41, 5.74) is 0.811. The van der Waals surface area contributed by atoms with Crippen LogP contribution < -0.4 is 5.32 Å². The van der Waals surface area contributed by atoms with E-state index in [0.29, 0.717) is 23.5 Å². The topological polar surface area (TPSA) is 32.3 Å². The zero-order valence-corrected chi connectivity index (χ0v) is 11.9. The van der Waals surface area contributed by atoms with Crippen molar-refractivity contribution in [2.24, 2.45) is 11.8 Å². The Balaban J connectivity index is 1.96. The molecule has 2 N–H and O–H groups in total. The van der Waals surface area contributed by atoms with Crippen molar-refractivity contribution in [2.45, 2.75) is 45.7 Å². The van der Waals surface area contributed by atoms with Crippen LogP contribution in [-0.2, 0) is 6.54 Å². The van der Waals surface area contributed by atoms with Gasteiger partial charge >= 0.3 is 0 Å². The molecule has 3 heteroatoms. The molecule has 1 aliphatic rings. The minimum Gasteiger partial charge on any atom is -0.508 e. The van der Waals surface area contributed by atoms with Crippen molar-refractivity contribution in [1.29, 1.82) is 0 Å². The summed E-state index contributed by atoms with van der Waals surface area (Å²) in [6.07, 6.45) is 3.80. The minimum absolute atomic E-state index is 0.285. The van der Waals surface area contributed by atoms with Crippen molar-refractivity contribution in [2.75, 3.05) is 0 Å². The molecule has 3 unspecified atom stereocenters. The van der Waals surface area contributed by atoms with E-state index < -0.39 is 0 Å². The first-order valence-corrected chi connectivity index (χ1v) is 7.21. The van der Waals surface area contributed by atoms with Crippen LogP contribution in [0.25, 0.3) is 0 Å². The molecule has 0 saturated heterocycles. The molecule has 1 aromatic carbocycles. The monoisotopic (exact) mass is 267 g/mol. The third-order valence-corrected chi connectivity index (χ3v) is 4.74. The molecule has 0 spiro atoms. The Hall–Kier alpha value is -0.730. The standard InChI is InChI=1S/C15H22ClNO/c1-3-11-7-8-14(10(11)2)17-9-12-13(16)5-4-6-15(12)18/h4-6,10-11,14,17-18H,3,7-9H2,1-2H3. The number of rotatable bonds is 4. The maximum Gasteiger partial charge on any atom is 0.121 e. The molecule has 0 bridgehead atoms. The number of phenols is 1. The number of nitrogens with one attached hydrogen (secondary N) is 1. The van der Waals surface area contributed by atoms with Crippen LogP contribution in [0.3, 0.4) is 0 Å². The zero-order valence-electron chi connectivity index (χ0n) is 11.1. The summed E-state index contributed by atoms with van der Waals surface area (Å²) in [6, 6.07) is 5.83. The van der Waals surface area contributed by atoms with Gasteiger partial charge in [0, 0.05) is 23.2 Å². The smallest absolute Gasteiger partial charge is 0.121 e. The highest BCUT2D eigenvalue weighted by molar-refractivity contribution is 6.31. The van der Waals surface area contributed by atoms with E-state index in [9.17, 15) is 5.11 Å². The third kappa shape index (κ3) is 2.81. The SMILES string of the molecule is CCC1CCC(NCc2c(O)cccc2Cl)C1C. The van der Waals surface area contributed by atoms with E-state index in [1.54, 1.807) is 12.1 Å². The van der Waals surface area contributed by atoms with Gasteiger partial charge in [0.05, 0.1) is 0 Å². The van der Waals surface area contributed by atoms with Gasteiger partial charge < -0.3 is 10.4 Å². The highest BCUT2D eigenvalue weighted by atomic mass is 35.5. The Morgan fingerprint density at radius 1 is 1.39 bits per heavy atom. The van der Waals surface area contributed by atoms with Crippen molar-refractivity contribution in [3.8, 4) is 5.75 Å². The first-order valence-electron chi connectivity index (χ1n) is 6.83. The van der Waals surface area contributed by atoms with E-state index in [1.165, 1.54) is 19.3 Å². The first-order chi connectivity index (χ1) is 8.63. The Labute approximate surface area is 114 Å². The van der Waals surface area contributed by atoms with E-state index >= 15 is 0 Å². The van der Waals surface area contributed by atoms with Crippen LogP contribution in [0.1, 0.15) is 38.7 Å². The normalized spacial score (nSPS) is 27.6. The van der Waals surface area contributed by atoms with Gasteiger partial charge in [-0.1, -0.05) is 37.9 Å². The second-order valence-corrected chi connectivity index (χ2v) is 5.74. The number of hydrogen-bond donors (Lipinski definition) is 2. The Morgan fingerprint density at radius 2 is 2.17 bits per heavy atom. The van der Waals surface area contributed by atoms with Crippen molar-refractivity contribution in [3.05, 3.63) is 28.8 Å². The maximum atomic E-state index is 9.80. The van der Waals surface area contributed by atoms with Crippen LogP contribution in [0, 0.1) is 11.8 Å². The summed E-state index contributed by atoms with van der Waals surface area (Å²) in [6.45, 7) is 5.24. The average Bonchev–Trinajstić information content (AvgIpc) is 2.70. The molecule has 1 aliphatic carbocycles. The number of aromatic hydroxyl groups is 1. The van der Waals surface area contributed by atoms with Gasteiger partial charge in [0.1, 0.15) is 5.75 Å². The summed E-state index contributed by atoms with van der Waals surface area (Å²) in [7, 11) is 0. The van der Waals surface area contributed by atoms with Crippen LogP contribution in [-0.4, -0.2) is 11.1 Å². The number of hydrogen-bond acceptors (Lipinski definition) is 2. The summed E-state index contributed by atoms with van der Waals surface area (Å²) < 4.78 is 0. The molecule has 0 aliphatic heterocycles. The molecule has 2 rings (SSSR count). The molecule has 0 amide bonds. The van der Waals surface area contributed by atoms with E-state index in [1.807, 2.05) is 6.07 Å². The molecule has 0 heterocycles. The Kier molecular flexibility index (Phi) is 4.52. The maximum absolute atomic E-state index is 9.80. The second-order valence-electron chi connectivity index (χ2n) is 5.33. The van der Waals surface area contributed by atoms with Crippen LogP contribution in [0.4, 0.5) is 0 Å².